The number of thiol groups is 1. The van der Waals surface area contributed by atoms with Crippen LogP contribution in [0, 0.1) is 6.42 Å². The molecule has 0 aromatic heterocycles. The van der Waals surface area contributed by atoms with Crippen LogP contribution in [0.5, 0.6) is 0 Å². The van der Waals surface area contributed by atoms with Gasteiger partial charge in [-0.1, -0.05) is 30.3 Å². The highest BCUT2D eigenvalue weighted by Gasteiger charge is 2.28. The first-order valence-corrected chi connectivity index (χ1v) is 5.27. The Morgan fingerprint density at radius 2 is 1.93 bits per heavy atom. The van der Waals surface area contributed by atoms with Crippen LogP contribution in [0.4, 0.5) is 0 Å². The molecule has 0 saturated heterocycles. The van der Waals surface area contributed by atoms with Crippen molar-refractivity contribution in [3.8, 4) is 0 Å². The van der Waals surface area contributed by atoms with Crippen LogP contribution in [0.15, 0.2) is 30.3 Å². The Hall–Kier alpha value is -0.800. The fraction of sp³-hybridized carbons (Fsp3) is 0.333. The zero-order valence-corrected chi connectivity index (χ0v) is 9.87. The van der Waals surface area contributed by atoms with Crippen molar-refractivity contribution < 1.29 is 4.79 Å². The largest absolute Gasteiger partial charge is 0.320 e. The highest BCUT2D eigenvalue weighted by Crippen LogP contribution is 2.18. The lowest BCUT2D eigenvalue weighted by atomic mass is 9.95. The summed E-state index contributed by atoms with van der Waals surface area (Å²) in [5, 5.41) is 0. The van der Waals surface area contributed by atoms with Crippen molar-refractivity contribution >= 4 is 18.4 Å². The quantitative estimate of drug-likeness (QED) is 0.763. The molecular formula is C12H16NOS. The van der Waals surface area contributed by atoms with Crippen molar-refractivity contribution in [1.29, 1.82) is 0 Å². The van der Waals surface area contributed by atoms with Crippen LogP contribution in [0.25, 0.3) is 0 Å². The summed E-state index contributed by atoms with van der Waals surface area (Å²) in [6.07, 6.45) is 1.56. The van der Waals surface area contributed by atoms with Gasteiger partial charge in [-0.05, 0) is 19.4 Å². The third-order valence-corrected chi connectivity index (χ3v) is 2.45. The van der Waals surface area contributed by atoms with Crippen LogP contribution in [0.3, 0.4) is 0 Å². The Kier molecular flexibility index (Phi) is 3.94. The van der Waals surface area contributed by atoms with Gasteiger partial charge in [0.2, 0.25) is 0 Å². The number of Topliss-reactive ketones (excluding diaryl/α,β-unsaturated/α-hetero) is 1. The molecule has 0 amide bonds. The maximum atomic E-state index is 11.7. The Morgan fingerprint density at radius 3 is 2.40 bits per heavy atom. The molecule has 0 aliphatic heterocycles. The molecule has 1 aromatic carbocycles. The molecule has 1 atom stereocenters. The Bertz CT molecular complexity index is 329. The molecule has 0 heterocycles. The highest BCUT2D eigenvalue weighted by molar-refractivity contribution is 7.81. The van der Waals surface area contributed by atoms with Crippen LogP contribution >= 0.6 is 12.6 Å². The molecule has 0 aliphatic rings. The van der Waals surface area contributed by atoms with Crippen molar-refractivity contribution in [3.63, 3.8) is 0 Å². The number of rotatable bonds is 4. The molecule has 0 spiro atoms. The standard InChI is InChI=1S/C12H16NOS/c1-12(2,15)11(13)10(14)8-9-6-4-3-5-7-9/h3-8,11,15H,13H2,1-2H3/t11-/m0/s1. The summed E-state index contributed by atoms with van der Waals surface area (Å²) in [5.41, 5.74) is 6.66. The molecule has 0 aliphatic carbocycles. The second kappa shape index (κ2) is 4.81. The van der Waals surface area contributed by atoms with E-state index in [0.29, 0.717) is 0 Å². The normalized spacial score (nSPS) is 13.6. The van der Waals surface area contributed by atoms with E-state index in [1.807, 2.05) is 44.2 Å². The molecule has 0 saturated carbocycles. The SMILES string of the molecule is CC(C)(S)[C@@H](N)C(=O)[CH]c1ccccc1. The van der Waals surface area contributed by atoms with Gasteiger partial charge < -0.3 is 5.73 Å². The fourth-order valence-electron chi connectivity index (χ4n) is 1.15. The van der Waals surface area contributed by atoms with Crippen LogP contribution in [0.1, 0.15) is 19.4 Å². The zero-order valence-electron chi connectivity index (χ0n) is 8.97. The summed E-state index contributed by atoms with van der Waals surface area (Å²) in [5.74, 6) is -0.0961. The monoisotopic (exact) mass is 222 g/mol. The van der Waals surface area contributed by atoms with E-state index in [1.54, 1.807) is 6.42 Å². The van der Waals surface area contributed by atoms with Crippen molar-refractivity contribution in [2.24, 2.45) is 5.73 Å². The number of hydrogen-bond donors (Lipinski definition) is 2. The minimum absolute atomic E-state index is 0.0961. The highest BCUT2D eigenvalue weighted by atomic mass is 32.1. The van der Waals surface area contributed by atoms with Gasteiger partial charge in [0.15, 0.2) is 5.78 Å². The summed E-state index contributed by atoms with van der Waals surface area (Å²) in [4.78, 5) is 11.7. The number of nitrogens with two attached hydrogens (primary N) is 1. The third-order valence-electron chi connectivity index (χ3n) is 2.18. The van der Waals surface area contributed by atoms with Gasteiger partial charge in [-0.3, -0.25) is 4.79 Å². The first kappa shape index (κ1) is 12.3. The van der Waals surface area contributed by atoms with Gasteiger partial charge in [0.25, 0.3) is 0 Å². The Morgan fingerprint density at radius 1 is 1.40 bits per heavy atom. The number of carbonyl (C=O) groups excluding carboxylic acids is 1. The van der Waals surface area contributed by atoms with E-state index in [1.165, 1.54) is 0 Å². The number of hydrogen-bond acceptors (Lipinski definition) is 3. The van der Waals surface area contributed by atoms with E-state index in [0.717, 1.165) is 5.56 Å². The van der Waals surface area contributed by atoms with Crippen molar-refractivity contribution in [2.75, 3.05) is 0 Å². The lowest BCUT2D eigenvalue weighted by molar-refractivity contribution is -0.117. The van der Waals surface area contributed by atoms with Crippen LogP contribution < -0.4 is 5.73 Å². The minimum Gasteiger partial charge on any atom is -0.320 e. The topological polar surface area (TPSA) is 43.1 Å². The first-order chi connectivity index (χ1) is 6.91. The Balaban J connectivity index is 2.65. The molecule has 0 fully saturated rings. The van der Waals surface area contributed by atoms with E-state index in [2.05, 4.69) is 12.6 Å². The molecule has 3 heteroatoms. The van der Waals surface area contributed by atoms with Crippen molar-refractivity contribution in [1.82, 2.24) is 0 Å². The minimum atomic E-state index is -0.582. The van der Waals surface area contributed by atoms with Crippen LogP contribution in [-0.2, 0) is 4.79 Å². The molecule has 2 nitrogen and oxygen atoms in total. The third kappa shape index (κ3) is 3.68. The molecular weight excluding hydrogens is 206 g/mol. The van der Waals surface area contributed by atoms with E-state index >= 15 is 0 Å². The van der Waals surface area contributed by atoms with Gasteiger partial charge in [0.05, 0.1) is 12.5 Å². The first-order valence-electron chi connectivity index (χ1n) is 4.83. The maximum absolute atomic E-state index is 11.7. The summed E-state index contributed by atoms with van der Waals surface area (Å²) in [7, 11) is 0. The van der Waals surface area contributed by atoms with Crippen molar-refractivity contribution in [2.45, 2.75) is 24.6 Å². The smallest absolute Gasteiger partial charge is 0.159 e. The van der Waals surface area contributed by atoms with Gasteiger partial charge in [0.1, 0.15) is 0 Å². The summed E-state index contributed by atoms with van der Waals surface area (Å²) < 4.78 is -0.498. The number of carbonyl (C=O) groups is 1. The second-order valence-electron chi connectivity index (χ2n) is 4.09. The predicted octanol–water partition coefficient (Wildman–Crippen LogP) is 1.84. The summed E-state index contributed by atoms with van der Waals surface area (Å²) in [6, 6.07) is 8.84. The molecule has 1 radical (unpaired) electrons. The molecule has 1 rings (SSSR count). The molecule has 2 N–H and O–H groups in total. The van der Waals surface area contributed by atoms with Crippen molar-refractivity contribution in [3.05, 3.63) is 42.3 Å². The predicted molar refractivity (Wildman–Crippen MR) is 65.9 cm³/mol. The zero-order chi connectivity index (χ0) is 11.5. The van der Waals surface area contributed by atoms with E-state index in [9.17, 15) is 4.79 Å². The van der Waals surface area contributed by atoms with Gasteiger partial charge in [-0.15, -0.1) is 0 Å². The van der Waals surface area contributed by atoms with E-state index < -0.39 is 10.8 Å². The average Bonchev–Trinajstić information content (AvgIpc) is 2.16. The Labute approximate surface area is 96.3 Å². The second-order valence-corrected chi connectivity index (χ2v) is 5.24. The molecule has 0 unspecified atom stereocenters. The number of ketones is 1. The lowest BCUT2D eigenvalue weighted by Gasteiger charge is -2.24. The number of benzene rings is 1. The van der Waals surface area contributed by atoms with Crippen LogP contribution in [-0.4, -0.2) is 16.6 Å². The molecule has 0 bridgehead atoms. The van der Waals surface area contributed by atoms with E-state index in [-0.39, 0.29) is 5.78 Å². The average molecular weight is 222 g/mol. The van der Waals surface area contributed by atoms with Crippen LogP contribution in [0.2, 0.25) is 0 Å². The molecule has 15 heavy (non-hydrogen) atoms. The fourth-order valence-corrected chi connectivity index (χ4v) is 1.28. The van der Waals surface area contributed by atoms with Gasteiger partial charge >= 0.3 is 0 Å². The van der Waals surface area contributed by atoms with Gasteiger partial charge in [-0.2, -0.15) is 12.6 Å². The van der Waals surface area contributed by atoms with Gasteiger partial charge in [-0.25, -0.2) is 0 Å². The van der Waals surface area contributed by atoms with Gasteiger partial charge in [0, 0.05) is 4.75 Å². The van der Waals surface area contributed by atoms with E-state index in [4.69, 9.17) is 5.73 Å². The summed E-state index contributed by atoms with van der Waals surface area (Å²) >= 11 is 4.29. The molecule has 1 aromatic rings. The lowest BCUT2D eigenvalue weighted by Crippen LogP contribution is -2.45. The summed E-state index contributed by atoms with van der Waals surface area (Å²) in [6.45, 7) is 3.66. The maximum Gasteiger partial charge on any atom is 0.159 e. The molecule has 81 valence electrons.